The molecule has 0 fully saturated rings. The lowest BCUT2D eigenvalue weighted by atomic mass is 9.89. The van der Waals surface area contributed by atoms with E-state index in [0.717, 1.165) is 22.3 Å². The Morgan fingerprint density at radius 2 is 1.33 bits per heavy atom. The Labute approximate surface area is 181 Å². The molecule has 1 unspecified atom stereocenters. The molecule has 1 aliphatic rings. The Kier molecular flexibility index (Phi) is 6.10. The first-order chi connectivity index (χ1) is 14.8. The van der Waals surface area contributed by atoms with Gasteiger partial charge in [0.2, 0.25) is 5.75 Å². The maximum absolute atomic E-state index is 5.80. The summed E-state index contributed by atoms with van der Waals surface area (Å²) in [4.78, 5) is 0. The quantitative estimate of drug-likeness (QED) is 0.455. The molecule has 0 saturated carbocycles. The molecular formula is C25H23NO3S. The average molecular weight is 418 g/mol. The van der Waals surface area contributed by atoms with Crippen molar-refractivity contribution in [2.24, 2.45) is 4.40 Å². The summed E-state index contributed by atoms with van der Waals surface area (Å²) in [6.45, 7) is 0. The van der Waals surface area contributed by atoms with Crippen molar-refractivity contribution in [2.75, 3.05) is 21.3 Å². The molecule has 4 nitrogen and oxygen atoms in total. The van der Waals surface area contributed by atoms with Crippen molar-refractivity contribution < 1.29 is 14.2 Å². The lowest BCUT2D eigenvalue weighted by Gasteiger charge is -2.27. The Bertz CT molecular complexity index is 1080. The zero-order valence-corrected chi connectivity index (χ0v) is 18.0. The minimum absolute atomic E-state index is 0.0673. The van der Waals surface area contributed by atoms with E-state index in [1.807, 2.05) is 42.6 Å². The molecule has 0 amide bonds. The molecule has 3 aromatic carbocycles. The van der Waals surface area contributed by atoms with Crippen molar-refractivity contribution in [3.63, 3.8) is 0 Å². The van der Waals surface area contributed by atoms with Gasteiger partial charge in [0.1, 0.15) is 0 Å². The minimum atomic E-state index is -0.0673. The molecule has 0 saturated heterocycles. The van der Waals surface area contributed by atoms with Crippen LogP contribution in [0.2, 0.25) is 0 Å². The number of rotatable bonds is 6. The van der Waals surface area contributed by atoms with Crippen molar-refractivity contribution in [3.05, 3.63) is 89.5 Å². The van der Waals surface area contributed by atoms with Crippen LogP contribution in [0.4, 0.5) is 0 Å². The van der Waals surface area contributed by atoms with Crippen LogP contribution >= 0.6 is 11.9 Å². The van der Waals surface area contributed by atoms with Crippen LogP contribution in [0.1, 0.15) is 21.9 Å². The standard InChI is InChI=1S/C25H23NO3S/c1-27-21-15-14-19(23(28-2)24(21)29-3)25-22(18-12-8-5-9-13-18)20(16-26-30-25)17-10-6-4-7-11-17/h4-16,25H,1-3H3. The number of methoxy groups -OCH3 is 3. The maximum Gasteiger partial charge on any atom is 0.203 e. The van der Waals surface area contributed by atoms with Gasteiger partial charge in [0.15, 0.2) is 11.5 Å². The van der Waals surface area contributed by atoms with Gasteiger partial charge in [-0.25, -0.2) is 4.40 Å². The predicted octanol–water partition coefficient (Wildman–Crippen LogP) is 6.10. The smallest absolute Gasteiger partial charge is 0.203 e. The minimum Gasteiger partial charge on any atom is -0.493 e. The monoisotopic (exact) mass is 417 g/mol. The van der Waals surface area contributed by atoms with Crippen molar-refractivity contribution >= 4 is 29.3 Å². The fourth-order valence-corrected chi connectivity index (χ4v) is 4.68. The molecule has 1 heterocycles. The number of hydrogen-bond donors (Lipinski definition) is 0. The molecule has 0 radical (unpaired) electrons. The third kappa shape index (κ3) is 3.68. The van der Waals surface area contributed by atoms with E-state index in [1.54, 1.807) is 21.3 Å². The first kappa shape index (κ1) is 20.1. The van der Waals surface area contributed by atoms with Gasteiger partial charge in [-0.2, -0.15) is 0 Å². The summed E-state index contributed by atoms with van der Waals surface area (Å²) in [5.41, 5.74) is 5.56. The number of nitrogens with zero attached hydrogens (tertiary/aromatic N) is 1. The van der Waals surface area contributed by atoms with Crippen LogP contribution < -0.4 is 14.2 Å². The second kappa shape index (κ2) is 9.09. The molecule has 0 spiro atoms. The van der Waals surface area contributed by atoms with Crippen LogP contribution in [-0.2, 0) is 0 Å². The Hall–Kier alpha value is -3.18. The van der Waals surface area contributed by atoms with Crippen LogP contribution in [0, 0.1) is 0 Å². The van der Waals surface area contributed by atoms with Crippen molar-refractivity contribution in [1.82, 2.24) is 0 Å². The average Bonchev–Trinajstić information content (AvgIpc) is 2.83. The van der Waals surface area contributed by atoms with Gasteiger partial charge in [0, 0.05) is 17.4 Å². The van der Waals surface area contributed by atoms with Crippen LogP contribution in [0.5, 0.6) is 17.2 Å². The Balaban J connectivity index is 1.96. The zero-order valence-electron chi connectivity index (χ0n) is 17.2. The number of hydrogen-bond acceptors (Lipinski definition) is 5. The molecular weight excluding hydrogens is 394 g/mol. The van der Waals surface area contributed by atoms with E-state index >= 15 is 0 Å². The largest absolute Gasteiger partial charge is 0.493 e. The molecule has 0 N–H and O–H groups in total. The fraction of sp³-hybridized carbons (Fsp3) is 0.160. The van der Waals surface area contributed by atoms with Crippen LogP contribution in [0.25, 0.3) is 11.1 Å². The molecule has 4 rings (SSSR count). The summed E-state index contributed by atoms with van der Waals surface area (Å²) in [6.07, 6.45) is 1.95. The van der Waals surface area contributed by atoms with Gasteiger partial charge in [-0.3, -0.25) is 0 Å². The topological polar surface area (TPSA) is 40.0 Å². The summed E-state index contributed by atoms with van der Waals surface area (Å²) < 4.78 is 21.5. The number of allylic oxidation sites excluding steroid dienone is 1. The maximum atomic E-state index is 5.80. The molecule has 152 valence electrons. The van der Waals surface area contributed by atoms with Gasteiger partial charge < -0.3 is 14.2 Å². The first-order valence-electron chi connectivity index (χ1n) is 9.61. The Morgan fingerprint density at radius 3 is 1.93 bits per heavy atom. The molecule has 0 bridgehead atoms. The predicted molar refractivity (Wildman–Crippen MR) is 125 cm³/mol. The van der Waals surface area contributed by atoms with Gasteiger partial charge >= 0.3 is 0 Å². The van der Waals surface area contributed by atoms with Gasteiger partial charge in [0.05, 0.1) is 26.6 Å². The van der Waals surface area contributed by atoms with Gasteiger partial charge in [-0.15, -0.1) is 0 Å². The molecule has 1 aliphatic heterocycles. The number of benzene rings is 3. The molecule has 1 atom stereocenters. The lowest BCUT2D eigenvalue weighted by Crippen LogP contribution is -2.08. The SMILES string of the molecule is COc1ccc(C2SN=CC(c3ccccc3)=C2c2ccccc2)c(OC)c1OC. The third-order valence-corrected chi connectivity index (χ3v) is 6.01. The highest BCUT2D eigenvalue weighted by molar-refractivity contribution is 7.99. The molecule has 0 aliphatic carbocycles. The Morgan fingerprint density at radius 1 is 0.700 bits per heavy atom. The second-order valence-corrected chi connectivity index (χ2v) is 7.60. The highest BCUT2D eigenvalue weighted by atomic mass is 32.2. The highest BCUT2D eigenvalue weighted by Crippen LogP contribution is 2.53. The summed E-state index contributed by atoms with van der Waals surface area (Å²) in [5, 5.41) is -0.0673. The summed E-state index contributed by atoms with van der Waals surface area (Å²) in [5.74, 6) is 1.88. The van der Waals surface area contributed by atoms with Crippen LogP contribution in [0.3, 0.4) is 0 Å². The van der Waals surface area contributed by atoms with Gasteiger partial charge in [0.25, 0.3) is 0 Å². The van der Waals surface area contributed by atoms with E-state index in [2.05, 4.69) is 40.8 Å². The normalized spacial score (nSPS) is 15.8. The van der Waals surface area contributed by atoms with E-state index in [9.17, 15) is 0 Å². The zero-order chi connectivity index (χ0) is 20.9. The van der Waals surface area contributed by atoms with Gasteiger partial charge in [-0.05, 0) is 40.8 Å². The molecule has 30 heavy (non-hydrogen) atoms. The van der Waals surface area contributed by atoms with E-state index < -0.39 is 0 Å². The highest BCUT2D eigenvalue weighted by Gasteiger charge is 2.30. The van der Waals surface area contributed by atoms with Crippen molar-refractivity contribution in [3.8, 4) is 17.2 Å². The third-order valence-electron chi connectivity index (χ3n) is 5.09. The summed E-state index contributed by atoms with van der Waals surface area (Å²) >= 11 is 1.52. The van der Waals surface area contributed by atoms with E-state index in [1.165, 1.54) is 17.5 Å². The molecule has 3 aromatic rings. The molecule has 0 aromatic heterocycles. The van der Waals surface area contributed by atoms with Crippen LogP contribution in [0.15, 0.2) is 77.2 Å². The summed E-state index contributed by atoms with van der Waals surface area (Å²) in [6, 6.07) is 24.7. The van der Waals surface area contributed by atoms with Crippen LogP contribution in [-0.4, -0.2) is 27.5 Å². The lowest BCUT2D eigenvalue weighted by molar-refractivity contribution is 0.322. The summed E-state index contributed by atoms with van der Waals surface area (Å²) in [7, 11) is 4.90. The van der Waals surface area contributed by atoms with E-state index in [4.69, 9.17) is 14.2 Å². The fourth-order valence-electron chi connectivity index (χ4n) is 3.72. The number of ether oxygens (including phenoxy) is 3. The first-order valence-corrected chi connectivity index (χ1v) is 10.4. The second-order valence-electron chi connectivity index (χ2n) is 6.70. The van der Waals surface area contributed by atoms with Crippen molar-refractivity contribution in [2.45, 2.75) is 5.25 Å². The van der Waals surface area contributed by atoms with E-state index in [0.29, 0.717) is 17.2 Å². The van der Waals surface area contributed by atoms with Crippen molar-refractivity contribution in [1.29, 1.82) is 0 Å². The van der Waals surface area contributed by atoms with Gasteiger partial charge in [-0.1, -0.05) is 60.7 Å². The molecule has 5 heteroatoms. The van der Waals surface area contributed by atoms with E-state index in [-0.39, 0.29) is 5.25 Å².